The molecular formula is C20H24N4O2. The van der Waals surface area contributed by atoms with Gasteiger partial charge < -0.3 is 9.80 Å². The molecule has 0 bridgehead atoms. The molecule has 6 nitrogen and oxygen atoms in total. The van der Waals surface area contributed by atoms with Gasteiger partial charge in [0.25, 0.3) is 11.8 Å². The molecule has 0 saturated carbocycles. The van der Waals surface area contributed by atoms with Crippen LogP contribution in [-0.4, -0.2) is 58.0 Å². The molecule has 0 radical (unpaired) electrons. The van der Waals surface area contributed by atoms with Crippen LogP contribution in [0.3, 0.4) is 0 Å². The molecule has 4 rings (SSSR count). The Bertz CT molecular complexity index is 806. The van der Waals surface area contributed by atoms with Crippen LogP contribution in [0.15, 0.2) is 30.3 Å². The number of aromatic amines is 1. The van der Waals surface area contributed by atoms with Crippen molar-refractivity contribution >= 4 is 11.8 Å². The zero-order chi connectivity index (χ0) is 18.1. The van der Waals surface area contributed by atoms with Crippen LogP contribution >= 0.6 is 0 Å². The highest BCUT2D eigenvalue weighted by Crippen LogP contribution is 2.27. The Morgan fingerprint density at radius 2 is 1.69 bits per heavy atom. The van der Waals surface area contributed by atoms with Crippen LogP contribution in [0.2, 0.25) is 0 Å². The summed E-state index contributed by atoms with van der Waals surface area (Å²) >= 11 is 0. The van der Waals surface area contributed by atoms with Crippen molar-refractivity contribution < 1.29 is 9.59 Å². The molecule has 136 valence electrons. The number of hydrogen-bond donors (Lipinski definition) is 1. The molecule has 1 atom stereocenters. The number of benzene rings is 1. The zero-order valence-corrected chi connectivity index (χ0v) is 15.1. The summed E-state index contributed by atoms with van der Waals surface area (Å²) in [6, 6.07) is 9.30. The summed E-state index contributed by atoms with van der Waals surface area (Å²) in [6.07, 6.45) is 3.03. The molecule has 1 aromatic heterocycles. The van der Waals surface area contributed by atoms with E-state index in [0.29, 0.717) is 43.4 Å². The molecule has 26 heavy (non-hydrogen) atoms. The average molecular weight is 352 g/mol. The molecule has 2 amide bonds. The lowest BCUT2D eigenvalue weighted by atomic mass is 9.87. The van der Waals surface area contributed by atoms with Crippen LogP contribution < -0.4 is 0 Å². The van der Waals surface area contributed by atoms with Gasteiger partial charge in [0.15, 0.2) is 5.69 Å². The number of hydrogen-bond acceptors (Lipinski definition) is 3. The van der Waals surface area contributed by atoms with E-state index >= 15 is 0 Å². The Kier molecular flexibility index (Phi) is 4.49. The van der Waals surface area contributed by atoms with Crippen LogP contribution in [0.25, 0.3) is 0 Å². The first kappa shape index (κ1) is 16.8. The van der Waals surface area contributed by atoms with Crippen molar-refractivity contribution in [1.29, 1.82) is 0 Å². The van der Waals surface area contributed by atoms with Gasteiger partial charge in [-0.3, -0.25) is 14.7 Å². The van der Waals surface area contributed by atoms with Gasteiger partial charge in [-0.05, 0) is 37.3 Å². The number of amides is 2. The third kappa shape index (κ3) is 3.11. The smallest absolute Gasteiger partial charge is 0.274 e. The maximum Gasteiger partial charge on any atom is 0.274 e. The molecule has 1 saturated heterocycles. The standard InChI is InChI=1S/C20H24N4O2/c1-14-7-8-17-16(13-14)18(22-21-17)20(26)24-11-9-23(10-12-24)19(25)15-5-3-2-4-6-15/h2-6,14H,7-13H2,1H3,(H,21,22). The average Bonchev–Trinajstić information content (AvgIpc) is 3.10. The SMILES string of the molecule is CC1CCc2[nH]nc(C(=O)N3CCN(C(=O)c4ccccc4)CC3)c2C1. The summed E-state index contributed by atoms with van der Waals surface area (Å²) in [7, 11) is 0. The molecule has 1 N–H and O–H groups in total. The van der Waals surface area contributed by atoms with Crippen molar-refractivity contribution in [2.75, 3.05) is 26.2 Å². The number of carbonyl (C=O) groups is 2. The van der Waals surface area contributed by atoms with E-state index in [2.05, 4.69) is 17.1 Å². The van der Waals surface area contributed by atoms with Crippen LogP contribution in [0.1, 0.15) is 45.4 Å². The molecule has 1 fully saturated rings. The minimum Gasteiger partial charge on any atom is -0.335 e. The number of aryl methyl sites for hydroxylation is 1. The van der Waals surface area contributed by atoms with Crippen LogP contribution in [0, 0.1) is 5.92 Å². The second kappa shape index (κ2) is 6.94. The molecule has 0 spiro atoms. The number of piperazine rings is 1. The second-order valence-electron chi connectivity index (χ2n) is 7.33. The van der Waals surface area contributed by atoms with Crippen molar-refractivity contribution in [3.63, 3.8) is 0 Å². The highest BCUT2D eigenvalue weighted by Gasteiger charge is 2.30. The van der Waals surface area contributed by atoms with Gasteiger partial charge in [-0.15, -0.1) is 0 Å². The Labute approximate surface area is 153 Å². The topological polar surface area (TPSA) is 69.3 Å². The van der Waals surface area contributed by atoms with Crippen molar-refractivity contribution in [1.82, 2.24) is 20.0 Å². The van der Waals surface area contributed by atoms with E-state index < -0.39 is 0 Å². The third-order valence-corrected chi connectivity index (χ3v) is 5.47. The Balaban J connectivity index is 1.42. The number of carbonyl (C=O) groups excluding carboxylic acids is 2. The molecule has 2 aromatic rings. The van der Waals surface area contributed by atoms with E-state index in [1.165, 1.54) is 0 Å². The molecule has 2 heterocycles. The first-order valence-electron chi connectivity index (χ1n) is 9.33. The van der Waals surface area contributed by atoms with Gasteiger partial charge in [0, 0.05) is 43.0 Å². The highest BCUT2D eigenvalue weighted by molar-refractivity contribution is 5.96. The fraction of sp³-hybridized carbons (Fsp3) is 0.450. The van der Waals surface area contributed by atoms with E-state index in [1.54, 1.807) is 0 Å². The molecule has 1 aromatic carbocycles. The Hall–Kier alpha value is -2.63. The van der Waals surface area contributed by atoms with E-state index in [9.17, 15) is 9.59 Å². The Morgan fingerprint density at radius 3 is 2.38 bits per heavy atom. The summed E-state index contributed by atoms with van der Waals surface area (Å²) in [5.41, 5.74) is 3.48. The Morgan fingerprint density at radius 1 is 1.04 bits per heavy atom. The van der Waals surface area contributed by atoms with Gasteiger partial charge in [-0.25, -0.2) is 0 Å². The number of aromatic nitrogens is 2. The number of nitrogens with zero attached hydrogens (tertiary/aromatic N) is 3. The fourth-order valence-electron chi connectivity index (χ4n) is 3.87. The van der Waals surface area contributed by atoms with Crippen molar-refractivity contribution in [2.45, 2.75) is 26.2 Å². The van der Waals surface area contributed by atoms with Crippen LogP contribution in [0.5, 0.6) is 0 Å². The molecule has 1 unspecified atom stereocenters. The molecule has 1 aliphatic heterocycles. The van der Waals surface area contributed by atoms with Crippen molar-refractivity contribution in [3.05, 3.63) is 52.8 Å². The molecule has 1 aliphatic carbocycles. The monoisotopic (exact) mass is 352 g/mol. The number of nitrogens with one attached hydrogen (secondary N) is 1. The largest absolute Gasteiger partial charge is 0.335 e. The lowest BCUT2D eigenvalue weighted by Crippen LogP contribution is -2.50. The fourth-order valence-corrected chi connectivity index (χ4v) is 3.87. The lowest BCUT2D eigenvalue weighted by molar-refractivity contribution is 0.0531. The minimum absolute atomic E-state index is 0.0107. The van der Waals surface area contributed by atoms with Gasteiger partial charge in [-0.2, -0.15) is 5.10 Å². The quantitative estimate of drug-likeness (QED) is 0.900. The first-order valence-corrected chi connectivity index (χ1v) is 9.33. The highest BCUT2D eigenvalue weighted by atomic mass is 16.2. The summed E-state index contributed by atoms with van der Waals surface area (Å²) in [4.78, 5) is 29.1. The van der Waals surface area contributed by atoms with Gasteiger partial charge in [-0.1, -0.05) is 25.1 Å². The van der Waals surface area contributed by atoms with Crippen molar-refractivity contribution in [3.8, 4) is 0 Å². The minimum atomic E-state index is -0.0107. The normalized spacial score (nSPS) is 20.0. The van der Waals surface area contributed by atoms with Gasteiger partial charge in [0.1, 0.15) is 0 Å². The molecule has 2 aliphatic rings. The van der Waals surface area contributed by atoms with Gasteiger partial charge in [0.2, 0.25) is 0 Å². The number of fused-ring (bicyclic) bond motifs is 1. The number of rotatable bonds is 2. The van der Waals surface area contributed by atoms with E-state index in [4.69, 9.17) is 0 Å². The predicted molar refractivity (Wildman–Crippen MR) is 98.0 cm³/mol. The second-order valence-corrected chi connectivity index (χ2v) is 7.33. The predicted octanol–water partition coefficient (Wildman–Crippen LogP) is 2.13. The first-order chi connectivity index (χ1) is 12.6. The van der Waals surface area contributed by atoms with E-state index in [1.807, 2.05) is 40.1 Å². The summed E-state index contributed by atoms with van der Waals surface area (Å²) in [6.45, 7) is 4.44. The van der Waals surface area contributed by atoms with E-state index in [-0.39, 0.29) is 11.8 Å². The zero-order valence-electron chi connectivity index (χ0n) is 15.1. The third-order valence-electron chi connectivity index (χ3n) is 5.47. The van der Waals surface area contributed by atoms with Gasteiger partial charge in [0.05, 0.1) is 0 Å². The van der Waals surface area contributed by atoms with Crippen LogP contribution in [-0.2, 0) is 12.8 Å². The van der Waals surface area contributed by atoms with Gasteiger partial charge >= 0.3 is 0 Å². The number of H-pyrrole nitrogens is 1. The summed E-state index contributed by atoms with van der Waals surface area (Å²) < 4.78 is 0. The van der Waals surface area contributed by atoms with Crippen molar-refractivity contribution in [2.24, 2.45) is 5.92 Å². The van der Waals surface area contributed by atoms with E-state index in [0.717, 1.165) is 30.5 Å². The van der Waals surface area contributed by atoms with Crippen LogP contribution in [0.4, 0.5) is 0 Å². The molecular weight excluding hydrogens is 328 g/mol. The lowest BCUT2D eigenvalue weighted by Gasteiger charge is -2.34. The summed E-state index contributed by atoms with van der Waals surface area (Å²) in [5, 5.41) is 7.37. The summed E-state index contributed by atoms with van der Waals surface area (Å²) in [5.74, 6) is 0.610. The maximum atomic E-state index is 12.9. The molecule has 6 heteroatoms. The maximum absolute atomic E-state index is 12.9.